The van der Waals surface area contributed by atoms with Crippen molar-refractivity contribution in [3.05, 3.63) is 0 Å². The van der Waals surface area contributed by atoms with E-state index in [0.29, 0.717) is 5.92 Å². The molecular formula is C11H17NO. The monoisotopic (exact) mass is 179 g/mol. The van der Waals surface area contributed by atoms with Crippen molar-refractivity contribution in [2.45, 2.75) is 51.0 Å². The molecule has 0 aliphatic heterocycles. The summed E-state index contributed by atoms with van der Waals surface area (Å²) in [5, 5.41) is 0. The zero-order chi connectivity index (χ0) is 9.31. The smallest absolute Gasteiger partial charge is 0.211 e. The maximum absolute atomic E-state index is 10.4. The molecule has 0 spiro atoms. The van der Waals surface area contributed by atoms with Crippen LogP contribution in [0.25, 0.3) is 0 Å². The molecule has 0 N–H and O–H groups in total. The lowest BCUT2D eigenvalue weighted by Gasteiger charge is -2.46. The summed E-state index contributed by atoms with van der Waals surface area (Å²) in [7, 11) is 0. The van der Waals surface area contributed by atoms with E-state index in [1.165, 1.54) is 25.7 Å². The number of carbonyl (C=O) groups excluding carboxylic acids is 1. The van der Waals surface area contributed by atoms with Crippen LogP contribution in [0.5, 0.6) is 0 Å². The van der Waals surface area contributed by atoms with Gasteiger partial charge >= 0.3 is 0 Å². The van der Waals surface area contributed by atoms with Gasteiger partial charge in [0.15, 0.2) is 0 Å². The normalized spacial score (nSPS) is 39.6. The van der Waals surface area contributed by atoms with Crippen molar-refractivity contribution < 1.29 is 4.79 Å². The lowest BCUT2D eigenvalue weighted by molar-refractivity contribution is 0.0974. The summed E-state index contributed by atoms with van der Waals surface area (Å²) in [4.78, 5) is 14.5. The molecule has 0 bridgehead atoms. The fraction of sp³-hybridized carbons (Fsp3) is 0.909. The number of hydrogen-bond acceptors (Lipinski definition) is 2. The lowest BCUT2D eigenvalue weighted by atomic mass is 9.62. The molecule has 2 aliphatic carbocycles. The summed E-state index contributed by atoms with van der Waals surface area (Å²) in [5.74, 6) is 1.45. The van der Waals surface area contributed by atoms with E-state index in [1.54, 1.807) is 6.08 Å². The van der Waals surface area contributed by atoms with Gasteiger partial charge in [0.25, 0.3) is 0 Å². The summed E-state index contributed by atoms with van der Waals surface area (Å²) in [6.45, 7) is 2.24. The molecule has 2 saturated carbocycles. The largest absolute Gasteiger partial charge is 0.235 e. The Hall–Kier alpha value is -0.620. The molecule has 2 aliphatic rings. The number of nitrogens with zero attached hydrogens (tertiary/aromatic N) is 1. The first-order chi connectivity index (χ1) is 6.27. The van der Waals surface area contributed by atoms with Crippen LogP contribution in [0.1, 0.15) is 45.4 Å². The van der Waals surface area contributed by atoms with Crippen molar-refractivity contribution in [3.8, 4) is 0 Å². The topological polar surface area (TPSA) is 29.4 Å². The summed E-state index contributed by atoms with van der Waals surface area (Å²) in [5.41, 5.74) is 0.0255. The van der Waals surface area contributed by atoms with Gasteiger partial charge in [-0.3, -0.25) is 0 Å². The van der Waals surface area contributed by atoms with Crippen molar-refractivity contribution in [1.82, 2.24) is 0 Å². The maximum Gasteiger partial charge on any atom is 0.235 e. The van der Waals surface area contributed by atoms with Gasteiger partial charge < -0.3 is 0 Å². The molecule has 0 heterocycles. The molecule has 0 radical (unpaired) electrons. The molecule has 0 aromatic carbocycles. The molecular weight excluding hydrogens is 162 g/mol. The minimum absolute atomic E-state index is 0.0255. The van der Waals surface area contributed by atoms with Gasteiger partial charge in [-0.2, -0.15) is 4.99 Å². The maximum atomic E-state index is 10.4. The Labute approximate surface area is 79.4 Å². The van der Waals surface area contributed by atoms with E-state index in [1.807, 2.05) is 0 Å². The first-order valence-electron chi connectivity index (χ1n) is 5.36. The molecule has 0 aromatic heterocycles. The highest BCUT2D eigenvalue weighted by atomic mass is 16.1. The highest BCUT2D eigenvalue weighted by Gasteiger charge is 2.48. The molecule has 0 amide bonds. The van der Waals surface area contributed by atoms with Gasteiger partial charge in [-0.05, 0) is 37.5 Å². The Morgan fingerprint density at radius 1 is 1.31 bits per heavy atom. The minimum atomic E-state index is 0.0255. The standard InChI is InChI=1S/C11H17NO/c1-9-6-11(7-9,12-8-13)10-4-2-3-5-10/h9-10H,2-7H2,1H3. The van der Waals surface area contributed by atoms with Crippen LogP contribution in [0.15, 0.2) is 4.99 Å². The highest BCUT2D eigenvalue weighted by Crippen LogP contribution is 2.51. The van der Waals surface area contributed by atoms with E-state index in [2.05, 4.69) is 11.9 Å². The van der Waals surface area contributed by atoms with Crippen molar-refractivity contribution in [2.75, 3.05) is 0 Å². The third-order valence-corrected chi connectivity index (χ3v) is 3.79. The van der Waals surface area contributed by atoms with Crippen LogP contribution in [0.3, 0.4) is 0 Å². The van der Waals surface area contributed by atoms with Gasteiger partial charge in [0.1, 0.15) is 0 Å². The zero-order valence-corrected chi connectivity index (χ0v) is 8.25. The first kappa shape index (κ1) is 8.96. The molecule has 2 rings (SSSR count). The van der Waals surface area contributed by atoms with Crippen LogP contribution in [0, 0.1) is 11.8 Å². The summed E-state index contributed by atoms with van der Waals surface area (Å²) < 4.78 is 0. The van der Waals surface area contributed by atoms with Crippen molar-refractivity contribution in [1.29, 1.82) is 0 Å². The molecule has 0 atom stereocenters. The van der Waals surface area contributed by atoms with E-state index in [0.717, 1.165) is 18.8 Å². The van der Waals surface area contributed by atoms with Gasteiger partial charge in [-0.1, -0.05) is 19.8 Å². The molecule has 72 valence electrons. The van der Waals surface area contributed by atoms with E-state index in [4.69, 9.17) is 0 Å². The van der Waals surface area contributed by atoms with E-state index in [9.17, 15) is 4.79 Å². The average molecular weight is 179 g/mol. The van der Waals surface area contributed by atoms with Gasteiger partial charge in [0.2, 0.25) is 6.08 Å². The summed E-state index contributed by atoms with van der Waals surface area (Å²) in [6, 6.07) is 0. The first-order valence-corrected chi connectivity index (χ1v) is 5.36. The molecule has 0 unspecified atom stereocenters. The van der Waals surface area contributed by atoms with Crippen LogP contribution in [-0.4, -0.2) is 11.6 Å². The average Bonchev–Trinajstić information content (AvgIpc) is 2.53. The fourth-order valence-corrected chi connectivity index (χ4v) is 3.22. The Balaban J connectivity index is 2.09. The predicted octanol–water partition coefficient (Wildman–Crippen LogP) is 2.68. The van der Waals surface area contributed by atoms with Gasteiger partial charge in [0, 0.05) is 0 Å². The molecule has 13 heavy (non-hydrogen) atoms. The third kappa shape index (κ3) is 1.44. The third-order valence-electron chi connectivity index (χ3n) is 3.79. The van der Waals surface area contributed by atoms with Crippen LogP contribution < -0.4 is 0 Å². The van der Waals surface area contributed by atoms with Crippen LogP contribution in [0.4, 0.5) is 0 Å². The Kier molecular flexibility index (Phi) is 2.25. The number of isocyanates is 1. The summed E-state index contributed by atoms with van der Waals surface area (Å²) >= 11 is 0. The van der Waals surface area contributed by atoms with Crippen LogP contribution in [-0.2, 0) is 4.79 Å². The fourth-order valence-electron chi connectivity index (χ4n) is 3.22. The number of rotatable bonds is 2. The quantitative estimate of drug-likeness (QED) is 0.473. The molecule has 2 fully saturated rings. The van der Waals surface area contributed by atoms with Crippen molar-refractivity contribution in [3.63, 3.8) is 0 Å². The predicted molar refractivity (Wildman–Crippen MR) is 51.2 cm³/mol. The van der Waals surface area contributed by atoms with Crippen LogP contribution >= 0.6 is 0 Å². The second-order valence-corrected chi connectivity index (χ2v) is 4.80. The Morgan fingerprint density at radius 3 is 2.38 bits per heavy atom. The number of aliphatic imine (C=N–C) groups is 1. The Morgan fingerprint density at radius 2 is 1.92 bits per heavy atom. The number of hydrogen-bond donors (Lipinski definition) is 0. The van der Waals surface area contributed by atoms with E-state index >= 15 is 0 Å². The second-order valence-electron chi connectivity index (χ2n) is 4.80. The van der Waals surface area contributed by atoms with Gasteiger partial charge in [-0.15, -0.1) is 0 Å². The molecule has 0 aromatic rings. The minimum Gasteiger partial charge on any atom is -0.211 e. The van der Waals surface area contributed by atoms with Gasteiger partial charge in [0.05, 0.1) is 5.54 Å². The Bertz CT molecular complexity index is 230. The lowest BCUT2D eigenvalue weighted by Crippen LogP contribution is -2.46. The molecule has 2 heteroatoms. The zero-order valence-electron chi connectivity index (χ0n) is 8.25. The SMILES string of the molecule is CC1CC(N=C=O)(C2CCCC2)C1. The van der Waals surface area contributed by atoms with Crippen molar-refractivity contribution >= 4 is 6.08 Å². The van der Waals surface area contributed by atoms with E-state index in [-0.39, 0.29) is 5.54 Å². The second kappa shape index (κ2) is 3.26. The van der Waals surface area contributed by atoms with Gasteiger partial charge in [-0.25, -0.2) is 4.79 Å². The molecule has 0 saturated heterocycles. The molecule has 2 nitrogen and oxygen atoms in total. The van der Waals surface area contributed by atoms with Crippen molar-refractivity contribution in [2.24, 2.45) is 16.8 Å². The van der Waals surface area contributed by atoms with Crippen LogP contribution in [0.2, 0.25) is 0 Å². The highest BCUT2D eigenvalue weighted by molar-refractivity contribution is 5.36. The van der Waals surface area contributed by atoms with E-state index < -0.39 is 0 Å². The summed E-state index contributed by atoms with van der Waals surface area (Å²) in [6.07, 6.45) is 9.23.